The highest BCUT2D eigenvalue weighted by Crippen LogP contribution is 2.24. The van der Waals surface area contributed by atoms with Gasteiger partial charge in [-0.2, -0.15) is 0 Å². The molecular formula is C13H18BrNO3. The largest absolute Gasteiger partial charge is 0.504 e. The van der Waals surface area contributed by atoms with E-state index in [1.165, 1.54) is 18.2 Å². The minimum atomic E-state index is -0.278. The summed E-state index contributed by atoms with van der Waals surface area (Å²) in [6.07, 6.45) is 4.34. The Balaban J connectivity index is 2.30. The summed E-state index contributed by atoms with van der Waals surface area (Å²) in [6.45, 7) is 0.628. The number of carbonyl (C=O) groups excluding carboxylic acids is 1. The summed E-state index contributed by atoms with van der Waals surface area (Å²) in [5.41, 5.74) is 0.353. The van der Waals surface area contributed by atoms with E-state index in [1.54, 1.807) is 0 Å². The van der Waals surface area contributed by atoms with Crippen molar-refractivity contribution in [2.24, 2.45) is 0 Å². The molecule has 0 aliphatic heterocycles. The fourth-order valence-corrected chi connectivity index (χ4v) is 1.94. The normalized spacial score (nSPS) is 10.3. The van der Waals surface area contributed by atoms with Gasteiger partial charge >= 0.3 is 0 Å². The van der Waals surface area contributed by atoms with E-state index in [0.29, 0.717) is 12.1 Å². The van der Waals surface area contributed by atoms with Crippen LogP contribution in [-0.4, -0.2) is 28.0 Å². The third-order valence-electron chi connectivity index (χ3n) is 2.58. The second-order valence-electron chi connectivity index (χ2n) is 4.06. The quantitative estimate of drug-likeness (QED) is 0.411. The predicted octanol–water partition coefficient (Wildman–Crippen LogP) is 2.78. The molecule has 0 unspecified atom stereocenters. The van der Waals surface area contributed by atoms with Crippen molar-refractivity contribution in [1.29, 1.82) is 0 Å². The van der Waals surface area contributed by atoms with Gasteiger partial charge in [0.05, 0.1) is 0 Å². The number of amides is 1. The Morgan fingerprint density at radius 3 is 2.50 bits per heavy atom. The molecule has 0 aliphatic rings. The first-order chi connectivity index (χ1) is 8.65. The van der Waals surface area contributed by atoms with Crippen LogP contribution >= 0.6 is 15.9 Å². The molecule has 1 rings (SSSR count). The molecule has 0 fully saturated rings. The first-order valence-corrected chi connectivity index (χ1v) is 7.13. The minimum Gasteiger partial charge on any atom is -0.504 e. The van der Waals surface area contributed by atoms with E-state index in [1.807, 2.05) is 0 Å². The van der Waals surface area contributed by atoms with Crippen molar-refractivity contribution in [3.8, 4) is 11.5 Å². The number of alkyl halides is 1. The topological polar surface area (TPSA) is 69.6 Å². The summed E-state index contributed by atoms with van der Waals surface area (Å²) < 4.78 is 0. The van der Waals surface area contributed by atoms with Crippen LogP contribution < -0.4 is 5.32 Å². The molecule has 18 heavy (non-hydrogen) atoms. The molecule has 100 valence electrons. The third kappa shape index (κ3) is 4.96. The van der Waals surface area contributed by atoms with E-state index in [0.717, 1.165) is 31.0 Å². The van der Waals surface area contributed by atoms with Gasteiger partial charge in [-0.1, -0.05) is 28.8 Å². The standard InChI is InChI=1S/C13H18BrNO3/c14-7-3-1-2-4-8-15-13(18)10-5-6-11(16)12(17)9-10/h5-6,9,16-17H,1-4,7-8H2,(H,15,18). The van der Waals surface area contributed by atoms with Gasteiger partial charge in [-0.25, -0.2) is 0 Å². The molecule has 0 saturated carbocycles. The molecule has 1 aromatic rings. The SMILES string of the molecule is O=C(NCCCCCCBr)c1ccc(O)c(O)c1. The highest BCUT2D eigenvalue weighted by molar-refractivity contribution is 9.09. The summed E-state index contributed by atoms with van der Waals surface area (Å²) in [5.74, 6) is -0.730. The molecule has 0 aliphatic carbocycles. The summed E-state index contributed by atoms with van der Waals surface area (Å²) in [6, 6.07) is 4.05. The summed E-state index contributed by atoms with van der Waals surface area (Å²) in [4.78, 5) is 11.7. The van der Waals surface area contributed by atoms with E-state index in [-0.39, 0.29) is 17.4 Å². The third-order valence-corrected chi connectivity index (χ3v) is 3.14. The number of rotatable bonds is 7. The maximum Gasteiger partial charge on any atom is 0.251 e. The lowest BCUT2D eigenvalue weighted by molar-refractivity contribution is 0.0952. The van der Waals surface area contributed by atoms with Crippen LogP contribution in [0.2, 0.25) is 0 Å². The van der Waals surface area contributed by atoms with E-state index < -0.39 is 0 Å². The van der Waals surface area contributed by atoms with Crippen molar-refractivity contribution < 1.29 is 15.0 Å². The van der Waals surface area contributed by atoms with E-state index >= 15 is 0 Å². The second-order valence-corrected chi connectivity index (χ2v) is 4.86. The summed E-state index contributed by atoms with van der Waals surface area (Å²) >= 11 is 3.37. The monoisotopic (exact) mass is 315 g/mol. The van der Waals surface area contributed by atoms with Crippen molar-refractivity contribution in [3.63, 3.8) is 0 Å². The Kier molecular flexibility index (Phi) is 6.57. The predicted molar refractivity (Wildman–Crippen MR) is 74.4 cm³/mol. The number of phenolic OH excluding ortho intramolecular Hbond substituents is 2. The minimum absolute atomic E-state index is 0.221. The fraction of sp³-hybridized carbons (Fsp3) is 0.462. The number of halogens is 1. The van der Waals surface area contributed by atoms with Gasteiger partial charge in [-0.05, 0) is 31.0 Å². The molecule has 0 bridgehead atoms. The number of aromatic hydroxyl groups is 2. The lowest BCUT2D eigenvalue weighted by Crippen LogP contribution is -2.24. The fourth-order valence-electron chi connectivity index (χ4n) is 1.54. The molecule has 3 N–H and O–H groups in total. The van der Waals surface area contributed by atoms with Gasteiger partial charge in [0.1, 0.15) is 0 Å². The van der Waals surface area contributed by atoms with Crippen molar-refractivity contribution in [2.45, 2.75) is 25.7 Å². The Hall–Kier alpha value is -1.23. The zero-order valence-corrected chi connectivity index (χ0v) is 11.7. The summed E-state index contributed by atoms with van der Waals surface area (Å²) in [7, 11) is 0. The van der Waals surface area contributed by atoms with Crippen LogP contribution in [0.1, 0.15) is 36.0 Å². The van der Waals surface area contributed by atoms with Crippen molar-refractivity contribution in [1.82, 2.24) is 5.32 Å². The molecule has 0 aromatic heterocycles. The molecule has 0 radical (unpaired) electrons. The van der Waals surface area contributed by atoms with Crippen LogP contribution in [0.4, 0.5) is 0 Å². The number of hydrogen-bond acceptors (Lipinski definition) is 3. The summed E-state index contributed by atoms with van der Waals surface area (Å²) in [5, 5.41) is 22.2. The number of carbonyl (C=O) groups is 1. The molecule has 0 heterocycles. The molecular weight excluding hydrogens is 298 g/mol. The van der Waals surface area contributed by atoms with Crippen LogP contribution in [0.15, 0.2) is 18.2 Å². The van der Waals surface area contributed by atoms with Crippen LogP contribution in [0.25, 0.3) is 0 Å². The van der Waals surface area contributed by atoms with Gasteiger partial charge in [0, 0.05) is 17.4 Å². The van der Waals surface area contributed by atoms with Gasteiger partial charge in [-0.15, -0.1) is 0 Å². The van der Waals surface area contributed by atoms with Gasteiger partial charge in [0.2, 0.25) is 0 Å². The number of nitrogens with one attached hydrogen (secondary N) is 1. The smallest absolute Gasteiger partial charge is 0.251 e. The van der Waals surface area contributed by atoms with Crippen molar-refractivity contribution in [3.05, 3.63) is 23.8 Å². The van der Waals surface area contributed by atoms with Crippen LogP contribution in [0.3, 0.4) is 0 Å². The average molecular weight is 316 g/mol. The van der Waals surface area contributed by atoms with Gasteiger partial charge in [-0.3, -0.25) is 4.79 Å². The van der Waals surface area contributed by atoms with E-state index in [9.17, 15) is 9.90 Å². The maximum absolute atomic E-state index is 11.7. The maximum atomic E-state index is 11.7. The van der Waals surface area contributed by atoms with Crippen LogP contribution in [-0.2, 0) is 0 Å². The lowest BCUT2D eigenvalue weighted by Gasteiger charge is -2.06. The Morgan fingerprint density at radius 1 is 1.11 bits per heavy atom. The highest BCUT2D eigenvalue weighted by atomic mass is 79.9. The lowest BCUT2D eigenvalue weighted by atomic mass is 10.1. The highest BCUT2D eigenvalue weighted by Gasteiger charge is 2.07. The molecule has 5 heteroatoms. The van der Waals surface area contributed by atoms with Gasteiger partial charge in [0.25, 0.3) is 5.91 Å². The van der Waals surface area contributed by atoms with Crippen LogP contribution in [0, 0.1) is 0 Å². The Morgan fingerprint density at radius 2 is 1.83 bits per heavy atom. The first kappa shape index (κ1) is 14.8. The first-order valence-electron chi connectivity index (χ1n) is 6.01. The van der Waals surface area contributed by atoms with Crippen molar-refractivity contribution >= 4 is 21.8 Å². The molecule has 0 atom stereocenters. The number of phenols is 2. The molecule has 1 amide bonds. The molecule has 0 saturated heterocycles. The van der Waals surface area contributed by atoms with Crippen molar-refractivity contribution in [2.75, 3.05) is 11.9 Å². The zero-order chi connectivity index (χ0) is 13.4. The zero-order valence-electron chi connectivity index (χ0n) is 10.2. The van der Waals surface area contributed by atoms with Gasteiger partial charge in [0.15, 0.2) is 11.5 Å². The number of unbranched alkanes of at least 4 members (excludes halogenated alkanes) is 3. The Bertz CT molecular complexity index is 396. The Labute approximate surface area is 115 Å². The number of benzene rings is 1. The molecule has 4 nitrogen and oxygen atoms in total. The van der Waals surface area contributed by atoms with E-state index in [4.69, 9.17) is 5.11 Å². The number of hydrogen-bond donors (Lipinski definition) is 3. The van der Waals surface area contributed by atoms with Crippen LogP contribution in [0.5, 0.6) is 11.5 Å². The molecule has 0 spiro atoms. The second kappa shape index (κ2) is 7.97. The molecule has 1 aromatic carbocycles. The van der Waals surface area contributed by atoms with E-state index in [2.05, 4.69) is 21.2 Å². The average Bonchev–Trinajstić information content (AvgIpc) is 2.36. The van der Waals surface area contributed by atoms with Gasteiger partial charge < -0.3 is 15.5 Å².